The number of methoxy groups -OCH3 is 3. The molecule has 3 heterocycles. The van der Waals surface area contributed by atoms with Crippen LogP contribution in [0.2, 0.25) is 0 Å². The minimum absolute atomic E-state index is 0.0257. The van der Waals surface area contributed by atoms with Gasteiger partial charge in [0.05, 0.1) is 55.9 Å². The van der Waals surface area contributed by atoms with E-state index in [0.717, 1.165) is 23.8 Å². The van der Waals surface area contributed by atoms with Crippen LogP contribution in [0.15, 0.2) is 35.1 Å². The molecule has 72 heavy (non-hydrogen) atoms. The summed E-state index contributed by atoms with van der Waals surface area (Å²) < 4.78 is 48.1. The first-order valence-electron chi connectivity index (χ1n) is 24.3. The smallest absolute Gasteiger partial charge is 0.229 e. The van der Waals surface area contributed by atoms with Gasteiger partial charge in [-0.1, -0.05) is 64.1 Å². The summed E-state index contributed by atoms with van der Waals surface area (Å²) in [5, 5.41) is 32.5. The predicted octanol–water partition coefficient (Wildman–Crippen LogP) is 5.56. The molecule has 400 valence electrons. The van der Waals surface area contributed by atoms with E-state index in [2.05, 4.69) is 49.1 Å². The van der Waals surface area contributed by atoms with Crippen LogP contribution in [0.5, 0.6) is 17.2 Å². The molecule has 8 unspecified atom stereocenters. The second-order valence-corrected chi connectivity index (χ2v) is 23.3. The summed E-state index contributed by atoms with van der Waals surface area (Å²) in [5.74, 6) is 13.1. The molecular formula is C52H75N3O14S3. The number of nitrogens with one attached hydrogen (secondary N) is 1. The molecule has 3 saturated heterocycles. The van der Waals surface area contributed by atoms with Crippen LogP contribution in [0, 0.1) is 43.4 Å². The van der Waals surface area contributed by atoms with Gasteiger partial charge in [0.2, 0.25) is 17.2 Å². The van der Waals surface area contributed by atoms with Crippen LogP contribution in [0.25, 0.3) is 0 Å². The lowest BCUT2D eigenvalue weighted by molar-refractivity contribution is -0.273. The first-order valence-corrected chi connectivity index (χ1v) is 27.5. The minimum atomic E-state index is -1.33. The Morgan fingerprint density at radius 1 is 0.944 bits per heavy atom. The van der Waals surface area contributed by atoms with E-state index in [0.29, 0.717) is 47.4 Å². The van der Waals surface area contributed by atoms with Crippen molar-refractivity contribution in [1.29, 1.82) is 0 Å². The third-order valence-corrected chi connectivity index (χ3v) is 17.6. The van der Waals surface area contributed by atoms with Crippen LogP contribution in [-0.4, -0.2) is 144 Å². The van der Waals surface area contributed by atoms with Gasteiger partial charge in [0.15, 0.2) is 24.1 Å². The first kappa shape index (κ1) is 59.6. The Morgan fingerprint density at radius 3 is 2.28 bits per heavy atom. The molecular weight excluding hydrogens is 987 g/mol. The van der Waals surface area contributed by atoms with Crippen molar-refractivity contribution in [2.45, 2.75) is 178 Å². The molecule has 5 rings (SSSR count). The number of ether oxygens (including phenoxy) is 8. The number of carbonyl (C=O) groups excluding carboxylic acids is 2. The Bertz CT molecular complexity index is 2260. The average molecular weight is 1060 g/mol. The predicted molar refractivity (Wildman–Crippen MR) is 280 cm³/mol. The highest BCUT2D eigenvalue weighted by molar-refractivity contribution is 8.77. The lowest BCUT2D eigenvalue weighted by atomic mass is 9.86. The summed E-state index contributed by atoms with van der Waals surface area (Å²) in [6.07, 6.45) is -2.26. The quantitative estimate of drug-likeness (QED) is 0.0361. The van der Waals surface area contributed by atoms with Gasteiger partial charge in [-0.3, -0.25) is 9.63 Å². The number of aliphatic hydroxyl groups excluding tert-OH is 3. The fourth-order valence-corrected chi connectivity index (χ4v) is 12.6. The van der Waals surface area contributed by atoms with E-state index in [-0.39, 0.29) is 62.6 Å². The van der Waals surface area contributed by atoms with E-state index in [1.165, 1.54) is 21.3 Å². The van der Waals surface area contributed by atoms with E-state index in [4.69, 9.17) is 54.2 Å². The Morgan fingerprint density at radius 2 is 1.64 bits per heavy atom. The van der Waals surface area contributed by atoms with Crippen molar-refractivity contribution in [2.75, 3.05) is 33.6 Å². The third-order valence-electron chi connectivity index (χ3n) is 13.1. The van der Waals surface area contributed by atoms with Gasteiger partial charge >= 0.3 is 0 Å². The van der Waals surface area contributed by atoms with Gasteiger partial charge in [-0.25, -0.2) is 0 Å². The summed E-state index contributed by atoms with van der Waals surface area (Å²) in [7, 11) is 7.68. The Labute approximate surface area is 437 Å². The Hall–Kier alpha value is -3.29. The lowest BCUT2D eigenvalue weighted by Crippen LogP contribution is -2.59. The molecule has 0 bridgehead atoms. The van der Waals surface area contributed by atoms with E-state index >= 15 is 0 Å². The van der Waals surface area contributed by atoms with Crippen LogP contribution in [0.4, 0.5) is 0 Å². The SMILES string of the molecule is COc1c(OC2O[C@@H](C)C(O)[C@@H](OC)[C@H]2O)c(C)c(C)c(C(=O)S[C@H]2CCC(ON[C@H]3C(O)CC(O[C@H]4C#C/C=C\C#C/C(N)=C4\C(=C/CSSC(C)(C)CCN)C(C)CC(C)=O)OC3C)OC2C)c1OC. The topological polar surface area (TPSA) is 242 Å². The zero-order valence-electron chi connectivity index (χ0n) is 43.5. The highest BCUT2D eigenvalue weighted by Gasteiger charge is 2.46. The van der Waals surface area contributed by atoms with Crippen molar-refractivity contribution in [3.63, 3.8) is 0 Å². The maximum Gasteiger partial charge on any atom is 0.229 e. The molecule has 17 nitrogen and oxygen atoms in total. The number of allylic oxidation sites excluding steroid dienone is 3. The molecule has 4 aliphatic rings. The van der Waals surface area contributed by atoms with Crippen LogP contribution in [0.1, 0.15) is 102 Å². The first-order chi connectivity index (χ1) is 34.2. The Kier molecular flexibility index (Phi) is 22.7. The van der Waals surface area contributed by atoms with Crippen molar-refractivity contribution in [3.05, 3.63) is 51.8 Å². The number of rotatable bonds is 22. The number of aliphatic hydroxyl groups is 3. The van der Waals surface area contributed by atoms with Crippen molar-refractivity contribution in [1.82, 2.24) is 5.48 Å². The van der Waals surface area contributed by atoms with Gasteiger partial charge < -0.3 is 69.5 Å². The molecule has 1 aromatic carbocycles. The average Bonchev–Trinajstić information content (AvgIpc) is 3.39. The van der Waals surface area contributed by atoms with E-state index in [1.54, 1.807) is 68.4 Å². The van der Waals surface area contributed by atoms with Gasteiger partial charge in [0.25, 0.3) is 0 Å². The van der Waals surface area contributed by atoms with E-state index in [1.807, 2.05) is 13.8 Å². The van der Waals surface area contributed by atoms with Gasteiger partial charge in [0.1, 0.15) is 30.2 Å². The molecule has 1 aliphatic carbocycles. The van der Waals surface area contributed by atoms with Gasteiger partial charge in [-0.15, -0.1) is 0 Å². The van der Waals surface area contributed by atoms with Crippen molar-refractivity contribution >= 4 is 44.2 Å². The number of hydroxylamine groups is 1. The largest absolute Gasteiger partial charge is 0.492 e. The molecule has 0 aromatic heterocycles. The molecule has 8 N–H and O–H groups in total. The Balaban J connectivity index is 1.22. The molecule has 14 atom stereocenters. The standard InChI is InChI=1S/C52H75N3O14S3/c1-27(25-28(2)56)34(21-24-70-72-52(8,9)22-23-53)42-35(54)17-15-13-14-16-18-37(42)67-40-26-36(57)43(32(6)65-40)55-69-39-20-19-38(31(5)64-39)71-50(60)41-29(3)30(4)46(49(63-12)47(41)61-10)68-51-45(59)48(62-11)44(58)33(7)66-51/h13-14,21,27,31-33,36-40,43-45,48,51,55,57-59H,19-20,22-26,53-54H2,1-12H3/b14-13-,34-21-,42-35-/t27?,31?,32?,33-,36?,37-,38-,39?,40?,43+,44?,45+,48+,51?/m0/s1. The van der Waals surface area contributed by atoms with Crippen LogP contribution < -0.4 is 31.2 Å². The van der Waals surface area contributed by atoms with Gasteiger partial charge in [0, 0.05) is 47.7 Å². The molecule has 0 amide bonds. The summed E-state index contributed by atoms with van der Waals surface area (Å²) in [6, 6.07) is -0.660. The minimum Gasteiger partial charge on any atom is -0.492 e. The van der Waals surface area contributed by atoms with Crippen LogP contribution in [-0.2, 0) is 33.3 Å². The maximum absolute atomic E-state index is 14.2. The molecule has 3 fully saturated rings. The monoisotopic (exact) mass is 1060 g/mol. The number of thioether (sulfide) groups is 1. The number of carbonyl (C=O) groups is 2. The molecule has 20 heteroatoms. The second-order valence-electron chi connectivity index (χ2n) is 19.0. The van der Waals surface area contributed by atoms with Crippen molar-refractivity contribution < 1.29 is 67.6 Å². The number of nitrogens with two attached hydrogens (primary N) is 2. The second kappa shape index (κ2) is 27.5. The number of benzene rings is 1. The van der Waals surface area contributed by atoms with E-state index in [9.17, 15) is 24.9 Å². The summed E-state index contributed by atoms with van der Waals surface area (Å²) in [6.45, 7) is 17.3. The number of ketones is 1. The van der Waals surface area contributed by atoms with Crippen molar-refractivity contribution in [2.24, 2.45) is 17.4 Å². The molecule has 0 spiro atoms. The van der Waals surface area contributed by atoms with Gasteiger partial charge in [-0.05, 0) is 115 Å². The fourth-order valence-electron chi connectivity index (χ4n) is 8.98. The lowest BCUT2D eigenvalue weighted by Gasteiger charge is -2.41. The number of hydrogen-bond acceptors (Lipinski definition) is 20. The van der Waals surface area contributed by atoms with Crippen molar-refractivity contribution in [3.8, 4) is 40.9 Å². The van der Waals surface area contributed by atoms with Gasteiger partial charge in [-0.2, -0.15) is 5.48 Å². The normalized spacial score (nSPS) is 31.9. The summed E-state index contributed by atoms with van der Waals surface area (Å²) in [4.78, 5) is 32.7. The highest BCUT2D eigenvalue weighted by Crippen LogP contribution is 2.48. The number of Topliss-reactive ketones (excluding diaryl/α,β-unsaturated/α-hetero) is 1. The third kappa shape index (κ3) is 15.2. The molecule has 0 radical (unpaired) electrons. The zero-order valence-corrected chi connectivity index (χ0v) is 45.9. The molecule has 3 aliphatic heterocycles. The maximum atomic E-state index is 14.2. The molecule has 0 saturated carbocycles. The summed E-state index contributed by atoms with van der Waals surface area (Å²) in [5.41, 5.74) is 18.7. The van der Waals surface area contributed by atoms with Crippen LogP contribution in [0.3, 0.4) is 0 Å². The highest BCUT2D eigenvalue weighted by atomic mass is 33.1. The van der Waals surface area contributed by atoms with Crippen LogP contribution >= 0.6 is 33.3 Å². The van der Waals surface area contributed by atoms with E-state index < -0.39 is 73.7 Å². The zero-order chi connectivity index (χ0) is 53.0. The fraction of sp³-hybridized carbons (Fsp3) is 0.654. The molecule has 1 aromatic rings. The summed E-state index contributed by atoms with van der Waals surface area (Å²) >= 11 is 1.12. The number of hydrogen-bond donors (Lipinski definition) is 6.